The molecule has 0 heterocycles. The van der Waals surface area contributed by atoms with Gasteiger partial charge < -0.3 is 10.1 Å². The highest BCUT2D eigenvalue weighted by molar-refractivity contribution is 6.01. The molecule has 1 atom stereocenters. The summed E-state index contributed by atoms with van der Waals surface area (Å²) < 4.78 is 18.9. The van der Waals surface area contributed by atoms with Gasteiger partial charge in [-0.3, -0.25) is 4.79 Å². The van der Waals surface area contributed by atoms with Crippen LogP contribution in [0, 0.1) is 17.1 Å². The number of benzene rings is 3. The van der Waals surface area contributed by atoms with Gasteiger partial charge in [-0.05, 0) is 54.0 Å². The van der Waals surface area contributed by atoms with Gasteiger partial charge in [-0.1, -0.05) is 54.6 Å². The third-order valence-electron chi connectivity index (χ3n) is 4.50. The monoisotopic (exact) mass is 400 g/mol. The first-order chi connectivity index (χ1) is 14.5. The van der Waals surface area contributed by atoms with Gasteiger partial charge in [-0.2, -0.15) is 5.26 Å². The molecular formula is C25H21FN2O2. The van der Waals surface area contributed by atoms with E-state index in [0.717, 1.165) is 11.1 Å². The number of nitrogens with zero attached hydrogens (tertiary/aromatic N) is 1. The molecule has 3 aromatic carbocycles. The third-order valence-corrected chi connectivity index (χ3v) is 4.50. The third kappa shape index (κ3) is 5.79. The smallest absolute Gasteiger partial charge is 0.262 e. The molecule has 3 rings (SSSR count). The Balaban J connectivity index is 1.62. The maximum absolute atomic E-state index is 13.2. The van der Waals surface area contributed by atoms with Crippen LogP contribution in [0.1, 0.15) is 29.7 Å². The van der Waals surface area contributed by atoms with Crippen molar-refractivity contribution in [2.24, 2.45) is 0 Å². The van der Waals surface area contributed by atoms with Crippen LogP contribution in [0.15, 0.2) is 84.4 Å². The standard InChI is InChI=1S/C25H21FN2O2/c1-18(21-7-3-2-4-8-21)28-25(29)22(16-27)14-19-10-12-24(13-11-19)30-17-20-6-5-9-23(26)15-20/h2-15,18H,17H2,1H3,(H,28,29)/b22-14+/t18-/m0/s1. The average molecular weight is 400 g/mol. The average Bonchev–Trinajstić information content (AvgIpc) is 2.77. The molecule has 0 radical (unpaired) electrons. The van der Waals surface area contributed by atoms with Crippen LogP contribution in [-0.4, -0.2) is 5.91 Å². The molecule has 3 aromatic rings. The summed E-state index contributed by atoms with van der Waals surface area (Å²) in [6.45, 7) is 2.11. The summed E-state index contributed by atoms with van der Waals surface area (Å²) in [5.74, 6) is -0.127. The van der Waals surface area contributed by atoms with Gasteiger partial charge in [-0.25, -0.2) is 4.39 Å². The Bertz CT molecular complexity index is 1070. The molecule has 0 saturated heterocycles. The molecule has 1 amide bonds. The van der Waals surface area contributed by atoms with E-state index in [2.05, 4.69) is 5.32 Å². The molecule has 0 aliphatic carbocycles. The number of hydrogen-bond acceptors (Lipinski definition) is 3. The van der Waals surface area contributed by atoms with Crippen LogP contribution in [0.4, 0.5) is 4.39 Å². The fraction of sp³-hybridized carbons (Fsp3) is 0.120. The Morgan fingerprint density at radius 3 is 2.50 bits per heavy atom. The minimum atomic E-state index is -0.430. The van der Waals surface area contributed by atoms with Gasteiger partial charge in [0.25, 0.3) is 5.91 Å². The molecule has 0 bridgehead atoms. The van der Waals surface area contributed by atoms with Crippen molar-refractivity contribution in [2.45, 2.75) is 19.6 Å². The van der Waals surface area contributed by atoms with E-state index in [1.165, 1.54) is 18.2 Å². The molecule has 0 fully saturated rings. The highest BCUT2D eigenvalue weighted by Crippen LogP contribution is 2.17. The molecule has 0 aliphatic rings. The van der Waals surface area contributed by atoms with Gasteiger partial charge in [0, 0.05) is 0 Å². The quantitative estimate of drug-likeness (QED) is 0.439. The number of hydrogen-bond donors (Lipinski definition) is 1. The van der Waals surface area contributed by atoms with Crippen molar-refractivity contribution in [3.8, 4) is 11.8 Å². The molecule has 4 nitrogen and oxygen atoms in total. The van der Waals surface area contributed by atoms with Gasteiger partial charge in [0.1, 0.15) is 29.8 Å². The lowest BCUT2D eigenvalue weighted by atomic mass is 10.1. The van der Waals surface area contributed by atoms with Crippen LogP contribution in [0.3, 0.4) is 0 Å². The second-order valence-electron chi connectivity index (χ2n) is 6.76. The van der Waals surface area contributed by atoms with Crippen LogP contribution in [-0.2, 0) is 11.4 Å². The van der Waals surface area contributed by atoms with Crippen molar-refractivity contribution in [1.29, 1.82) is 5.26 Å². The number of nitrogens with one attached hydrogen (secondary N) is 1. The van der Waals surface area contributed by atoms with E-state index in [9.17, 15) is 14.4 Å². The lowest BCUT2D eigenvalue weighted by Crippen LogP contribution is -2.27. The molecule has 0 aromatic heterocycles. The topological polar surface area (TPSA) is 62.1 Å². The molecule has 0 aliphatic heterocycles. The first-order valence-electron chi connectivity index (χ1n) is 9.50. The van der Waals surface area contributed by atoms with Gasteiger partial charge >= 0.3 is 0 Å². The van der Waals surface area contributed by atoms with Gasteiger partial charge in [0.15, 0.2) is 0 Å². The number of amides is 1. The van der Waals surface area contributed by atoms with E-state index in [1.807, 2.05) is 43.3 Å². The van der Waals surface area contributed by atoms with E-state index in [1.54, 1.807) is 36.4 Å². The Labute approximate surface area is 175 Å². The van der Waals surface area contributed by atoms with E-state index in [0.29, 0.717) is 11.3 Å². The van der Waals surface area contributed by atoms with Crippen molar-refractivity contribution < 1.29 is 13.9 Å². The molecule has 5 heteroatoms. The summed E-state index contributed by atoms with van der Waals surface area (Å²) in [5.41, 5.74) is 2.41. The number of carbonyl (C=O) groups is 1. The lowest BCUT2D eigenvalue weighted by molar-refractivity contribution is -0.117. The summed E-state index contributed by atoms with van der Waals surface area (Å²) in [6.07, 6.45) is 1.53. The predicted octanol–water partition coefficient (Wildman–Crippen LogP) is 5.19. The summed E-state index contributed by atoms with van der Waals surface area (Å²) >= 11 is 0. The molecule has 150 valence electrons. The largest absolute Gasteiger partial charge is 0.489 e. The summed E-state index contributed by atoms with van der Waals surface area (Å²) in [5, 5.41) is 12.2. The van der Waals surface area contributed by atoms with E-state index < -0.39 is 5.91 Å². The van der Waals surface area contributed by atoms with E-state index >= 15 is 0 Å². The minimum absolute atomic E-state index is 0.0196. The molecule has 1 N–H and O–H groups in total. The maximum atomic E-state index is 13.2. The molecule has 0 saturated carbocycles. The lowest BCUT2D eigenvalue weighted by Gasteiger charge is -2.13. The SMILES string of the molecule is C[C@H](NC(=O)/C(C#N)=C/c1ccc(OCc2cccc(F)c2)cc1)c1ccccc1. The fourth-order valence-electron chi connectivity index (χ4n) is 2.87. The molecule has 0 spiro atoms. The van der Waals surface area contributed by atoms with Crippen LogP contribution < -0.4 is 10.1 Å². The highest BCUT2D eigenvalue weighted by Gasteiger charge is 2.13. The molecular weight excluding hydrogens is 379 g/mol. The van der Waals surface area contributed by atoms with E-state index in [-0.39, 0.29) is 24.0 Å². The van der Waals surface area contributed by atoms with Gasteiger partial charge in [0.2, 0.25) is 0 Å². The summed E-state index contributed by atoms with van der Waals surface area (Å²) in [4.78, 5) is 12.5. The van der Waals surface area contributed by atoms with Crippen molar-refractivity contribution >= 4 is 12.0 Å². The first-order valence-corrected chi connectivity index (χ1v) is 9.50. The predicted molar refractivity (Wildman–Crippen MR) is 114 cm³/mol. The fourth-order valence-corrected chi connectivity index (χ4v) is 2.87. The summed E-state index contributed by atoms with van der Waals surface area (Å²) in [7, 11) is 0. The second kappa shape index (κ2) is 10.0. The Hall–Kier alpha value is -3.91. The van der Waals surface area contributed by atoms with Crippen LogP contribution in [0.5, 0.6) is 5.75 Å². The zero-order valence-electron chi connectivity index (χ0n) is 16.5. The van der Waals surface area contributed by atoms with Crippen molar-refractivity contribution in [3.63, 3.8) is 0 Å². The highest BCUT2D eigenvalue weighted by atomic mass is 19.1. The van der Waals surface area contributed by atoms with Crippen LogP contribution in [0.2, 0.25) is 0 Å². The number of ether oxygens (including phenoxy) is 1. The van der Waals surface area contributed by atoms with Crippen molar-refractivity contribution in [3.05, 3.63) is 107 Å². The van der Waals surface area contributed by atoms with E-state index in [4.69, 9.17) is 4.74 Å². The van der Waals surface area contributed by atoms with Crippen molar-refractivity contribution in [1.82, 2.24) is 5.32 Å². The maximum Gasteiger partial charge on any atom is 0.262 e. The first kappa shape index (κ1) is 20.8. The number of halogens is 1. The minimum Gasteiger partial charge on any atom is -0.489 e. The van der Waals surface area contributed by atoms with Crippen molar-refractivity contribution in [2.75, 3.05) is 0 Å². The zero-order chi connectivity index (χ0) is 21.3. The Kier molecular flexibility index (Phi) is 6.96. The normalized spacial score (nSPS) is 12.0. The Morgan fingerprint density at radius 2 is 1.83 bits per heavy atom. The number of rotatable bonds is 7. The molecule has 30 heavy (non-hydrogen) atoms. The Morgan fingerprint density at radius 1 is 1.10 bits per heavy atom. The van der Waals surface area contributed by atoms with Crippen LogP contribution >= 0.6 is 0 Å². The second-order valence-corrected chi connectivity index (χ2v) is 6.76. The zero-order valence-corrected chi connectivity index (χ0v) is 16.5. The van der Waals surface area contributed by atoms with Gasteiger partial charge in [0.05, 0.1) is 6.04 Å². The summed E-state index contributed by atoms with van der Waals surface area (Å²) in [6, 6.07) is 24.5. The van der Waals surface area contributed by atoms with Crippen LogP contribution in [0.25, 0.3) is 6.08 Å². The van der Waals surface area contributed by atoms with Gasteiger partial charge in [-0.15, -0.1) is 0 Å². The number of carbonyl (C=O) groups excluding carboxylic acids is 1. The number of nitriles is 1. The molecule has 0 unspecified atom stereocenters.